The summed E-state index contributed by atoms with van der Waals surface area (Å²) < 4.78 is 0. The van der Waals surface area contributed by atoms with Gasteiger partial charge in [0, 0.05) is 16.3 Å². The molecule has 0 aliphatic carbocycles. The third kappa shape index (κ3) is 2.15. The molecule has 3 nitrogen and oxygen atoms in total. The van der Waals surface area contributed by atoms with Gasteiger partial charge in [0.15, 0.2) is 0 Å². The van der Waals surface area contributed by atoms with Crippen molar-refractivity contribution in [3.8, 4) is 0 Å². The number of hydrogen-bond donors (Lipinski definition) is 2. The first-order valence-corrected chi connectivity index (χ1v) is 5.62. The van der Waals surface area contributed by atoms with Crippen LogP contribution >= 0.6 is 24.0 Å². The summed E-state index contributed by atoms with van der Waals surface area (Å²) in [5.41, 5.74) is 9.50. The Balaban J connectivity index is 0.00000120. The Kier molecular flexibility index (Phi) is 3.45. The Morgan fingerprint density at radius 2 is 1.83 bits per heavy atom. The Labute approximate surface area is 116 Å². The average molecular weight is 280 g/mol. The van der Waals surface area contributed by atoms with Crippen LogP contribution in [0.1, 0.15) is 5.56 Å². The third-order valence-electron chi connectivity index (χ3n) is 2.67. The molecule has 18 heavy (non-hydrogen) atoms. The molecule has 5 heteroatoms. The molecule has 3 rings (SSSR count). The number of nitrogens with zero attached hydrogens (tertiary/aromatic N) is 1. The SMILES string of the molecule is Cl.NC1=Nc2ccccc2Nc2ccc(Cl)cc21. The molecule has 0 saturated heterocycles. The fourth-order valence-electron chi connectivity index (χ4n) is 1.85. The molecule has 0 radical (unpaired) electrons. The molecule has 2 aromatic rings. The molecule has 1 aliphatic rings. The van der Waals surface area contributed by atoms with Crippen LogP contribution in [0.4, 0.5) is 17.1 Å². The first-order chi connectivity index (χ1) is 8.24. The Hall–Kier alpha value is -1.71. The van der Waals surface area contributed by atoms with Crippen LogP contribution in [0.5, 0.6) is 0 Å². The molecular weight excluding hydrogens is 269 g/mol. The van der Waals surface area contributed by atoms with E-state index in [2.05, 4.69) is 10.3 Å². The molecule has 2 aromatic carbocycles. The summed E-state index contributed by atoms with van der Waals surface area (Å²) in [6.45, 7) is 0. The lowest BCUT2D eigenvalue weighted by Gasteiger charge is -2.09. The fraction of sp³-hybridized carbons (Fsp3) is 0. The van der Waals surface area contributed by atoms with Crippen LogP contribution in [0.3, 0.4) is 0 Å². The molecule has 0 atom stereocenters. The first kappa shape index (κ1) is 12.7. The van der Waals surface area contributed by atoms with E-state index in [0.29, 0.717) is 10.9 Å². The molecule has 92 valence electrons. The predicted octanol–water partition coefficient (Wildman–Crippen LogP) is 3.86. The molecule has 3 N–H and O–H groups in total. The minimum absolute atomic E-state index is 0. The zero-order valence-corrected chi connectivity index (χ0v) is 10.9. The van der Waals surface area contributed by atoms with Crippen molar-refractivity contribution in [2.24, 2.45) is 10.7 Å². The minimum atomic E-state index is 0. The van der Waals surface area contributed by atoms with Crippen LogP contribution in [-0.4, -0.2) is 5.84 Å². The highest BCUT2D eigenvalue weighted by Gasteiger charge is 2.13. The second-order valence-electron chi connectivity index (χ2n) is 3.83. The number of nitrogens with one attached hydrogen (secondary N) is 1. The van der Waals surface area contributed by atoms with E-state index in [0.717, 1.165) is 22.6 Å². The molecule has 0 unspecified atom stereocenters. The lowest BCUT2D eigenvalue weighted by Crippen LogP contribution is -2.13. The summed E-state index contributed by atoms with van der Waals surface area (Å²) in [6, 6.07) is 13.3. The van der Waals surface area contributed by atoms with E-state index in [1.54, 1.807) is 0 Å². The number of amidine groups is 1. The molecule has 0 bridgehead atoms. The summed E-state index contributed by atoms with van der Waals surface area (Å²) in [5, 5.41) is 3.96. The van der Waals surface area contributed by atoms with E-state index in [1.165, 1.54) is 0 Å². The minimum Gasteiger partial charge on any atom is -0.383 e. The van der Waals surface area contributed by atoms with Crippen molar-refractivity contribution < 1.29 is 0 Å². The number of fused-ring (bicyclic) bond motifs is 2. The van der Waals surface area contributed by atoms with Crippen LogP contribution in [-0.2, 0) is 0 Å². The molecule has 0 saturated carbocycles. The zero-order chi connectivity index (χ0) is 11.8. The summed E-state index contributed by atoms with van der Waals surface area (Å²) in [4.78, 5) is 4.40. The van der Waals surface area contributed by atoms with Crippen molar-refractivity contribution in [1.29, 1.82) is 0 Å². The maximum atomic E-state index is 5.98. The lowest BCUT2D eigenvalue weighted by atomic mass is 10.1. The number of rotatable bonds is 0. The highest BCUT2D eigenvalue weighted by Crippen LogP contribution is 2.33. The highest BCUT2D eigenvalue weighted by atomic mass is 35.5. The van der Waals surface area contributed by atoms with Crippen LogP contribution in [0.25, 0.3) is 0 Å². The van der Waals surface area contributed by atoms with Crippen LogP contribution in [0, 0.1) is 0 Å². The zero-order valence-electron chi connectivity index (χ0n) is 9.35. The van der Waals surface area contributed by atoms with Crippen molar-refractivity contribution in [3.63, 3.8) is 0 Å². The standard InChI is InChI=1S/C13H10ClN3.ClH/c14-8-5-6-10-9(7-8)13(15)17-12-4-2-1-3-11(12)16-10;/h1-7,16H,(H2,15,17);1H. The highest BCUT2D eigenvalue weighted by molar-refractivity contribution is 6.31. The maximum Gasteiger partial charge on any atom is 0.133 e. The molecule has 0 spiro atoms. The molecule has 0 amide bonds. The largest absolute Gasteiger partial charge is 0.383 e. The van der Waals surface area contributed by atoms with Crippen LogP contribution in [0.15, 0.2) is 47.5 Å². The molecule has 1 heterocycles. The van der Waals surface area contributed by atoms with Crippen molar-refractivity contribution >= 4 is 46.9 Å². The van der Waals surface area contributed by atoms with Gasteiger partial charge in [0.1, 0.15) is 5.84 Å². The number of halogens is 2. The van der Waals surface area contributed by atoms with Crippen molar-refractivity contribution in [2.45, 2.75) is 0 Å². The normalized spacial score (nSPS) is 12.2. The van der Waals surface area contributed by atoms with Crippen LogP contribution in [0.2, 0.25) is 5.02 Å². The quantitative estimate of drug-likeness (QED) is 0.770. The topological polar surface area (TPSA) is 50.4 Å². The van der Waals surface area contributed by atoms with Crippen molar-refractivity contribution in [2.75, 3.05) is 5.32 Å². The van der Waals surface area contributed by atoms with Crippen LogP contribution < -0.4 is 11.1 Å². The number of nitrogens with two attached hydrogens (primary N) is 1. The summed E-state index contributed by atoms with van der Waals surface area (Å²) in [7, 11) is 0. The van der Waals surface area contributed by atoms with E-state index in [-0.39, 0.29) is 12.4 Å². The van der Waals surface area contributed by atoms with Gasteiger partial charge in [0.2, 0.25) is 0 Å². The van der Waals surface area contributed by atoms with Gasteiger partial charge < -0.3 is 11.1 Å². The first-order valence-electron chi connectivity index (χ1n) is 5.24. The summed E-state index contributed by atoms with van der Waals surface area (Å²) >= 11 is 5.97. The van der Waals surface area contributed by atoms with E-state index in [1.807, 2.05) is 42.5 Å². The average Bonchev–Trinajstić information content (AvgIpc) is 2.46. The van der Waals surface area contributed by atoms with Gasteiger partial charge in [0.25, 0.3) is 0 Å². The van der Waals surface area contributed by atoms with Gasteiger partial charge in [0.05, 0.1) is 11.4 Å². The van der Waals surface area contributed by atoms with E-state index < -0.39 is 0 Å². The van der Waals surface area contributed by atoms with Gasteiger partial charge in [-0.1, -0.05) is 23.7 Å². The van der Waals surface area contributed by atoms with Gasteiger partial charge in [-0.05, 0) is 30.3 Å². The van der Waals surface area contributed by atoms with Gasteiger partial charge >= 0.3 is 0 Å². The number of para-hydroxylation sites is 2. The maximum absolute atomic E-state index is 5.98. The van der Waals surface area contributed by atoms with Gasteiger partial charge in [-0.15, -0.1) is 12.4 Å². The smallest absolute Gasteiger partial charge is 0.133 e. The van der Waals surface area contributed by atoms with E-state index in [9.17, 15) is 0 Å². The lowest BCUT2D eigenvalue weighted by molar-refractivity contribution is 1.48. The van der Waals surface area contributed by atoms with E-state index in [4.69, 9.17) is 17.3 Å². The number of benzene rings is 2. The van der Waals surface area contributed by atoms with E-state index >= 15 is 0 Å². The third-order valence-corrected chi connectivity index (χ3v) is 2.91. The number of hydrogen-bond acceptors (Lipinski definition) is 3. The second kappa shape index (κ2) is 4.88. The van der Waals surface area contributed by atoms with Gasteiger partial charge in [-0.2, -0.15) is 0 Å². The van der Waals surface area contributed by atoms with Gasteiger partial charge in [-0.3, -0.25) is 0 Å². The molecule has 1 aliphatic heterocycles. The second-order valence-corrected chi connectivity index (χ2v) is 4.27. The Morgan fingerprint density at radius 1 is 1.06 bits per heavy atom. The predicted molar refractivity (Wildman–Crippen MR) is 78.8 cm³/mol. The summed E-state index contributed by atoms with van der Waals surface area (Å²) in [6.07, 6.45) is 0. The van der Waals surface area contributed by atoms with Crippen molar-refractivity contribution in [3.05, 3.63) is 53.1 Å². The number of aliphatic imine (C=N–C) groups is 1. The molecule has 0 fully saturated rings. The summed E-state index contributed by atoms with van der Waals surface area (Å²) in [5.74, 6) is 0.472. The molecule has 0 aromatic heterocycles. The Bertz CT molecular complexity index is 623. The fourth-order valence-corrected chi connectivity index (χ4v) is 2.02. The monoisotopic (exact) mass is 279 g/mol. The Morgan fingerprint density at radius 3 is 2.67 bits per heavy atom. The van der Waals surface area contributed by atoms with Crippen molar-refractivity contribution in [1.82, 2.24) is 0 Å². The number of anilines is 2. The molecular formula is C13H11Cl2N3. The van der Waals surface area contributed by atoms with Gasteiger partial charge in [-0.25, -0.2) is 4.99 Å².